The van der Waals surface area contributed by atoms with E-state index in [0.29, 0.717) is 6.04 Å². The molecule has 2 aliphatic rings. The molecule has 31 heavy (non-hydrogen) atoms. The first kappa shape index (κ1) is 20.3. The lowest BCUT2D eigenvalue weighted by Gasteiger charge is -2.33. The van der Waals surface area contributed by atoms with E-state index in [1.54, 1.807) is 0 Å². The van der Waals surface area contributed by atoms with Gasteiger partial charge in [0, 0.05) is 0 Å². The molecule has 2 aromatic heterocycles. The normalized spacial score (nSPS) is 23.8. The Kier molecular flexibility index (Phi) is 5.58. The summed E-state index contributed by atoms with van der Waals surface area (Å²) in [7, 11) is 2.24. The van der Waals surface area contributed by atoms with Crippen molar-refractivity contribution < 1.29 is 9.80 Å². The van der Waals surface area contributed by atoms with Gasteiger partial charge in [-0.1, -0.05) is 37.5 Å². The summed E-state index contributed by atoms with van der Waals surface area (Å²) in [5.74, 6) is 0.846. The molecule has 1 saturated heterocycles. The maximum absolute atomic E-state index is 13.4. The lowest BCUT2D eigenvalue weighted by atomic mass is 9.95. The van der Waals surface area contributed by atoms with Gasteiger partial charge in [0.25, 0.3) is 5.56 Å². The van der Waals surface area contributed by atoms with Gasteiger partial charge in [-0.15, -0.1) is 5.10 Å². The number of hydrogen-bond donors (Lipinski definition) is 3. The lowest BCUT2D eigenvalue weighted by molar-refractivity contribution is -1.02. The molecule has 1 saturated carbocycles. The third-order valence-corrected chi connectivity index (χ3v) is 7.28. The number of aryl methyl sites for hydroxylation is 1. The molecule has 1 aliphatic heterocycles. The van der Waals surface area contributed by atoms with Crippen molar-refractivity contribution in [2.24, 2.45) is 0 Å². The molecule has 1 aliphatic carbocycles. The number of likely N-dealkylation sites (N-methyl/N-ethyl adjacent to an activating group) is 1. The number of benzene rings is 1. The van der Waals surface area contributed by atoms with Crippen molar-refractivity contribution in [2.75, 3.05) is 33.2 Å². The number of tetrazole rings is 1. The van der Waals surface area contributed by atoms with Gasteiger partial charge < -0.3 is 14.8 Å². The summed E-state index contributed by atoms with van der Waals surface area (Å²) >= 11 is 0. The second-order valence-electron chi connectivity index (χ2n) is 9.41. The van der Waals surface area contributed by atoms with E-state index in [2.05, 4.69) is 39.7 Å². The van der Waals surface area contributed by atoms with Gasteiger partial charge in [-0.25, -0.2) is 4.68 Å². The summed E-state index contributed by atoms with van der Waals surface area (Å²) < 4.78 is 2.04. The minimum atomic E-state index is -0.154. The summed E-state index contributed by atoms with van der Waals surface area (Å²) in [6.07, 6.45) is 5.94. The van der Waals surface area contributed by atoms with Crippen LogP contribution in [0.15, 0.2) is 29.1 Å². The first-order chi connectivity index (χ1) is 15.1. The molecule has 8 heteroatoms. The summed E-state index contributed by atoms with van der Waals surface area (Å²) in [6.45, 7) is 6.20. The van der Waals surface area contributed by atoms with Crippen molar-refractivity contribution in [1.29, 1.82) is 0 Å². The Bertz CT molecular complexity index is 1110. The standard InChI is InChI=1S/C23H31N7O/c1-16-7-6-8-17-15-19(23(31)24-20(16)17)21(29-13-11-28(2)12-14-29)22-25-26-27-30(22)18-9-4-3-5-10-18/h6-8,15,18,21H,3-5,9-14H2,1-2H3,(H,24,31)/p+2/t21-/m0/s1. The quantitative estimate of drug-likeness (QED) is 0.544. The molecule has 0 amide bonds. The fourth-order valence-electron chi connectivity index (χ4n) is 5.42. The van der Waals surface area contributed by atoms with Crippen molar-refractivity contribution in [3.63, 3.8) is 0 Å². The number of pyridine rings is 1. The molecule has 0 bridgehead atoms. The van der Waals surface area contributed by atoms with Crippen LogP contribution >= 0.6 is 0 Å². The van der Waals surface area contributed by atoms with Crippen LogP contribution in [0.25, 0.3) is 10.9 Å². The van der Waals surface area contributed by atoms with Crippen molar-refractivity contribution >= 4 is 10.9 Å². The first-order valence-electron chi connectivity index (χ1n) is 11.7. The van der Waals surface area contributed by atoms with Crippen LogP contribution in [-0.4, -0.2) is 58.4 Å². The van der Waals surface area contributed by atoms with Crippen molar-refractivity contribution in [3.8, 4) is 0 Å². The number of aromatic nitrogens is 5. The Balaban J connectivity index is 1.63. The van der Waals surface area contributed by atoms with Gasteiger partial charge >= 0.3 is 0 Å². The molecule has 8 nitrogen and oxygen atoms in total. The zero-order chi connectivity index (χ0) is 21.4. The van der Waals surface area contributed by atoms with E-state index in [1.165, 1.54) is 29.1 Å². The van der Waals surface area contributed by atoms with Gasteiger partial charge in [0.1, 0.15) is 26.2 Å². The van der Waals surface area contributed by atoms with Crippen molar-refractivity contribution in [1.82, 2.24) is 25.2 Å². The number of aromatic amines is 1. The predicted molar refractivity (Wildman–Crippen MR) is 118 cm³/mol. The number of nitrogens with one attached hydrogen (secondary N) is 3. The van der Waals surface area contributed by atoms with Gasteiger partial charge in [-0.05, 0) is 47.2 Å². The fraction of sp³-hybridized carbons (Fsp3) is 0.565. The Hall–Kier alpha value is -2.58. The van der Waals surface area contributed by atoms with E-state index in [1.807, 2.05) is 23.7 Å². The minimum Gasteiger partial charge on any atom is -0.328 e. The molecule has 0 radical (unpaired) electrons. The molecule has 3 aromatic rings. The molecule has 1 atom stereocenters. The van der Waals surface area contributed by atoms with Crippen LogP contribution in [0.1, 0.15) is 61.1 Å². The van der Waals surface area contributed by atoms with Crippen LogP contribution in [0.4, 0.5) is 0 Å². The maximum atomic E-state index is 13.4. The molecular formula is C23H33N7O+2. The predicted octanol–water partition coefficient (Wildman–Crippen LogP) is -0.169. The van der Waals surface area contributed by atoms with Gasteiger partial charge in [0.2, 0.25) is 5.82 Å². The largest absolute Gasteiger partial charge is 0.328 e. The van der Waals surface area contributed by atoms with Crippen LogP contribution < -0.4 is 15.4 Å². The van der Waals surface area contributed by atoms with E-state index in [-0.39, 0.29) is 11.6 Å². The Morgan fingerprint density at radius 1 is 1.13 bits per heavy atom. The Morgan fingerprint density at radius 2 is 1.90 bits per heavy atom. The van der Waals surface area contributed by atoms with E-state index >= 15 is 0 Å². The van der Waals surface area contributed by atoms with E-state index < -0.39 is 0 Å². The van der Waals surface area contributed by atoms with Gasteiger partial charge in [0.05, 0.1) is 24.2 Å². The number of para-hydroxylation sites is 1. The average Bonchev–Trinajstić information content (AvgIpc) is 3.26. The Labute approximate surface area is 182 Å². The fourth-order valence-corrected chi connectivity index (χ4v) is 5.42. The van der Waals surface area contributed by atoms with Crippen LogP contribution in [0, 0.1) is 6.92 Å². The first-order valence-corrected chi connectivity index (χ1v) is 11.7. The van der Waals surface area contributed by atoms with Crippen LogP contribution in [0.5, 0.6) is 0 Å². The highest BCUT2D eigenvalue weighted by molar-refractivity contribution is 5.82. The van der Waals surface area contributed by atoms with E-state index in [9.17, 15) is 4.79 Å². The number of hydrogen-bond acceptors (Lipinski definition) is 4. The van der Waals surface area contributed by atoms with Gasteiger partial charge in [-0.3, -0.25) is 4.79 Å². The summed E-state index contributed by atoms with van der Waals surface area (Å²) in [5, 5.41) is 14.1. The van der Waals surface area contributed by atoms with E-state index in [0.717, 1.165) is 66.9 Å². The molecule has 5 rings (SSSR count). The molecular weight excluding hydrogens is 390 g/mol. The number of piperazine rings is 1. The molecule has 3 heterocycles. The van der Waals surface area contributed by atoms with Crippen molar-refractivity contribution in [3.05, 3.63) is 51.6 Å². The summed E-state index contributed by atoms with van der Waals surface area (Å²) in [6, 6.07) is 8.41. The Morgan fingerprint density at radius 3 is 2.68 bits per heavy atom. The number of H-pyrrole nitrogens is 1. The van der Waals surface area contributed by atoms with Gasteiger partial charge in [-0.2, -0.15) is 0 Å². The zero-order valence-electron chi connectivity index (χ0n) is 18.5. The summed E-state index contributed by atoms with van der Waals surface area (Å²) in [4.78, 5) is 19.5. The highest BCUT2D eigenvalue weighted by Crippen LogP contribution is 2.30. The van der Waals surface area contributed by atoms with Crippen molar-refractivity contribution in [2.45, 2.75) is 51.1 Å². The molecule has 3 N–H and O–H groups in total. The van der Waals surface area contributed by atoms with Gasteiger partial charge in [0.15, 0.2) is 6.04 Å². The second-order valence-corrected chi connectivity index (χ2v) is 9.41. The molecule has 0 unspecified atom stereocenters. The number of quaternary nitrogens is 2. The topological polar surface area (TPSA) is 85.3 Å². The molecule has 0 spiro atoms. The number of fused-ring (bicyclic) bond motifs is 1. The van der Waals surface area contributed by atoms with Crippen LogP contribution in [0.2, 0.25) is 0 Å². The number of nitrogens with zero attached hydrogens (tertiary/aromatic N) is 4. The third-order valence-electron chi connectivity index (χ3n) is 7.28. The van der Waals surface area contributed by atoms with E-state index in [4.69, 9.17) is 0 Å². The average molecular weight is 424 g/mol. The maximum Gasteiger partial charge on any atom is 0.258 e. The summed E-state index contributed by atoms with van der Waals surface area (Å²) in [5.41, 5.74) is 2.75. The number of rotatable bonds is 4. The third kappa shape index (κ3) is 3.90. The highest BCUT2D eigenvalue weighted by atomic mass is 16.1. The molecule has 1 aromatic carbocycles. The van der Waals surface area contributed by atoms with Crippen LogP contribution in [-0.2, 0) is 0 Å². The second kappa shape index (κ2) is 8.51. The minimum absolute atomic E-state index is 0.0243. The molecule has 2 fully saturated rings. The highest BCUT2D eigenvalue weighted by Gasteiger charge is 2.38. The molecule has 164 valence electrons. The zero-order valence-corrected chi connectivity index (χ0v) is 18.5. The van der Waals surface area contributed by atoms with Crippen LogP contribution in [0.3, 0.4) is 0 Å². The lowest BCUT2D eigenvalue weighted by Crippen LogP contribution is -3.27. The SMILES string of the molecule is Cc1cccc2cc([C@@H](c3nnnn3C3CCCCC3)[NH+]3CC[NH+](C)CC3)c(=O)[nH]c12. The smallest absolute Gasteiger partial charge is 0.258 e. The monoisotopic (exact) mass is 423 g/mol.